The van der Waals surface area contributed by atoms with Crippen molar-refractivity contribution in [3.05, 3.63) is 0 Å². The van der Waals surface area contributed by atoms with Crippen LogP contribution in [0.25, 0.3) is 0 Å². The number of hydrogen-bond donors (Lipinski definition) is 2. The summed E-state index contributed by atoms with van der Waals surface area (Å²) in [6, 6.07) is 0. The zero-order chi connectivity index (χ0) is 4.28. The minimum absolute atomic E-state index is 0.443. The molecule has 1 atom stereocenters. The molecule has 0 spiro atoms. The van der Waals surface area contributed by atoms with Crippen molar-refractivity contribution >= 4 is 33.1 Å². The van der Waals surface area contributed by atoms with E-state index >= 15 is 0 Å². The summed E-state index contributed by atoms with van der Waals surface area (Å²) in [5, 5.41) is 0.443. The van der Waals surface area contributed by atoms with Crippen LogP contribution in [0.5, 0.6) is 0 Å². The summed E-state index contributed by atoms with van der Waals surface area (Å²) >= 11 is 7.96. The van der Waals surface area contributed by atoms with Gasteiger partial charge in [0.05, 0.1) is 0 Å². The van der Waals surface area contributed by atoms with Gasteiger partial charge in [-0.1, -0.05) is 0 Å². The molecule has 0 aliphatic rings. The second-order valence-corrected chi connectivity index (χ2v) is 2.28. The minimum atomic E-state index is 0.443. The maximum absolute atomic E-state index is 4.02. The van der Waals surface area contributed by atoms with E-state index in [1.807, 2.05) is 7.85 Å². The highest BCUT2D eigenvalue weighted by molar-refractivity contribution is 7.85. The van der Waals surface area contributed by atoms with E-state index in [4.69, 9.17) is 0 Å². The summed E-state index contributed by atoms with van der Waals surface area (Å²) in [5.41, 5.74) is 0. The maximum atomic E-state index is 4.02. The second kappa shape index (κ2) is 2.97. The fourth-order valence-corrected chi connectivity index (χ4v) is 0. The van der Waals surface area contributed by atoms with E-state index in [0.717, 1.165) is 5.75 Å². The highest BCUT2D eigenvalue weighted by Gasteiger charge is 1.82. The van der Waals surface area contributed by atoms with Crippen LogP contribution >= 0.6 is 25.3 Å². The average Bonchev–Trinajstić information content (AvgIpc) is 1.38. The van der Waals surface area contributed by atoms with Gasteiger partial charge in [-0.2, -0.15) is 25.3 Å². The largest absolute Gasteiger partial charge is 0.184 e. The van der Waals surface area contributed by atoms with Crippen molar-refractivity contribution < 1.29 is 0 Å². The van der Waals surface area contributed by atoms with E-state index in [-0.39, 0.29) is 0 Å². The predicted octanol–water partition coefficient (Wildman–Crippen LogP) is -0.195. The fourth-order valence-electron chi connectivity index (χ4n) is 0. The van der Waals surface area contributed by atoms with Crippen molar-refractivity contribution in [2.75, 3.05) is 5.75 Å². The van der Waals surface area contributed by atoms with Gasteiger partial charge in [0.25, 0.3) is 0 Å². The molecule has 0 aromatic carbocycles. The van der Waals surface area contributed by atoms with Crippen molar-refractivity contribution in [2.45, 2.75) is 5.15 Å². The quantitative estimate of drug-likeness (QED) is 0.336. The van der Waals surface area contributed by atoms with Gasteiger partial charge >= 0.3 is 0 Å². The van der Waals surface area contributed by atoms with Crippen LogP contribution in [0, 0.1) is 0 Å². The van der Waals surface area contributed by atoms with Crippen LogP contribution in [0.3, 0.4) is 0 Å². The topological polar surface area (TPSA) is 0 Å². The molecule has 0 nitrogen and oxygen atoms in total. The molecule has 0 amide bonds. The summed E-state index contributed by atoms with van der Waals surface area (Å²) in [7, 11) is 2.01. The molecule has 1 unspecified atom stereocenters. The molecule has 5 heavy (non-hydrogen) atoms. The molecule has 0 saturated carbocycles. The van der Waals surface area contributed by atoms with E-state index in [0.29, 0.717) is 5.15 Å². The van der Waals surface area contributed by atoms with Gasteiger partial charge < -0.3 is 0 Å². The Morgan fingerprint density at radius 2 is 2.00 bits per heavy atom. The minimum Gasteiger partial charge on any atom is -0.184 e. The van der Waals surface area contributed by atoms with Crippen LogP contribution in [-0.2, 0) is 0 Å². The van der Waals surface area contributed by atoms with Gasteiger partial charge in [-0.05, 0) is 10.9 Å². The number of hydrogen-bond acceptors (Lipinski definition) is 2. The molecule has 0 fully saturated rings. The molecule has 0 radical (unpaired) electrons. The molecule has 0 aromatic rings. The molecule has 0 aromatic heterocycles. The van der Waals surface area contributed by atoms with Crippen LogP contribution in [0.15, 0.2) is 0 Å². The Balaban J connectivity index is 2.54. The summed E-state index contributed by atoms with van der Waals surface area (Å²) < 4.78 is 0. The van der Waals surface area contributed by atoms with Gasteiger partial charge in [0, 0.05) is 0 Å². The van der Waals surface area contributed by atoms with E-state index in [1.54, 1.807) is 0 Å². The maximum Gasteiger partial charge on any atom is 0.119 e. The molecular formula is C2H7BS2. The Morgan fingerprint density at radius 1 is 1.80 bits per heavy atom. The first-order chi connectivity index (χ1) is 2.27. The molecule has 0 heterocycles. The Hall–Kier alpha value is 0.765. The Labute approximate surface area is 44.6 Å². The Morgan fingerprint density at radius 3 is 2.00 bits per heavy atom. The summed E-state index contributed by atoms with van der Waals surface area (Å²) in [5.74, 6) is 0.864. The van der Waals surface area contributed by atoms with Crippen molar-refractivity contribution in [2.24, 2.45) is 0 Å². The third kappa shape index (κ3) is 4.76. The van der Waals surface area contributed by atoms with Gasteiger partial charge in [-0.3, -0.25) is 0 Å². The molecule has 3 heteroatoms. The highest BCUT2D eigenvalue weighted by atomic mass is 32.1. The Kier molecular flexibility index (Phi) is 3.43. The van der Waals surface area contributed by atoms with Gasteiger partial charge in [0.15, 0.2) is 0 Å². The van der Waals surface area contributed by atoms with Crippen LogP contribution < -0.4 is 0 Å². The van der Waals surface area contributed by atoms with Crippen molar-refractivity contribution in [1.82, 2.24) is 0 Å². The monoisotopic (exact) mass is 106 g/mol. The van der Waals surface area contributed by atoms with Crippen LogP contribution in [-0.4, -0.2) is 18.7 Å². The van der Waals surface area contributed by atoms with Crippen molar-refractivity contribution in [3.8, 4) is 0 Å². The van der Waals surface area contributed by atoms with E-state index < -0.39 is 0 Å². The molecule has 0 aliphatic carbocycles. The molecule has 0 rings (SSSR count). The smallest absolute Gasteiger partial charge is 0.119 e. The van der Waals surface area contributed by atoms with Crippen LogP contribution in [0.4, 0.5) is 0 Å². The fraction of sp³-hybridized carbons (Fsp3) is 1.00. The number of thiol groups is 2. The first kappa shape index (κ1) is 5.76. The van der Waals surface area contributed by atoms with Crippen molar-refractivity contribution in [1.29, 1.82) is 0 Å². The lowest BCUT2D eigenvalue weighted by molar-refractivity contribution is 1.46. The molecule has 0 saturated heterocycles. The van der Waals surface area contributed by atoms with Gasteiger partial charge in [-0.15, -0.1) is 0 Å². The summed E-state index contributed by atoms with van der Waals surface area (Å²) in [6.45, 7) is 0. The van der Waals surface area contributed by atoms with E-state index in [2.05, 4.69) is 25.3 Å². The molecule has 0 bridgehead atoms. The highest BCUT2D eigenvalue weighted by Crippen LogP contribution is 1.87. The Bertz CT molecular complexity index is 21.6. The average molecular weight is 106 g/mol. The third-order valence-corrected chi connectivity index (χ3v) is 1.28. The zero-order valence-corrected chi connectivity index (χ0v) is 4.97. The second-order valence-electron chi connectivity index (χ2n) is 1.03. The van der Waals surface area contributed by atoms with Gasteiger partial charge in [0.1, 0.15) is 7.85 Å². The molecule has 0 N–H and O–H groups in total. The lowest BCUT2D eigenvalue weighted by atomic mass is 10.1. The number of rotatable bonds is 1. The van der Waals surface area contributed by atoms with Crippen LogP contribution in [0.2, 0.25) is 0 Å². The first-order valence-electron chi connectivity index (χ1n) is 1.56. The SMILES string of the molecule is BC(S)CS. The van der Waals surface area contributed by atoms with E-state index in [9.17, 15) is 0 Å². The summed E-state index contributed by atoms with van der Waals surface area (Å²) in [6.07, 6.45) is 0. The molecular weight excluding hydrogens is 99.0 g/mol. The van der Waals surface area contributed by atoms with Crippen LogP contribution in [0.1, 0.15) is 0 Å². The standard InChI is InChI=1S/C2H7BS2/c3-2(5)1-4/h2,4-5H,1,3H2. The van der Waals surface area contributed by atoms with E-state index in [1.165, 1.54) is 0 Å². The third-order valence-electron chi connectivity index (χ3n) is 0.264. The van der Waals surface area contributed by atoms with Gasteiger partial charge in [0.2, 0.25) is 0 Å². The normalized spacial score (nSPS) is 14.8. The zero-order valence-electron chi connectivity index (χ0n) is 3.18. The molecule has 0 aliphatic heterocycles. The predicted molar refractivity (Wildman–Crippen MR) is 35.2 cm³/mol. The summed E-state index contributed by atoms with van der Waals surface area (Å²) in [4.78, 5) is 0. The van der Waals surface area contributed by atoms with Gasteiger partial charge in [-0.25, -0.2) is 0 Å². The lowest BCUT2D eigenvalue weighted by Crippen LogP contribution is -1.95. The first-order valence-corrected chi connectivity index (χ1v) is 2.71. The molecule has 30 valence electrons. The van der Waals surface area contributed by atoms with Crippen molar-refractivity contribution in [3.63, 3.8) is 0 Å². The lowest BCUT2D eigenvalue weighted by Gasteiger charge is -1.88.